The molecule has 1 saturated carbocycles. The maximum atomic E-state index is 6.49. The van der Waals surface area contributed by atoms with Crippen LogP contribution in [0.15, 0.2) is 30.3 Å². The van der Waals surface area contributed by atoms with Gasteiger partial charge in [-0.05, 0) is 49.3 Å². The number of epoxide rings is 1. The highest BCUT2D eigenvalue weighted by Crippen LogP contribution is 2.42. The van der Waals surface area contributed by atoms with Crippen LogP contribution in [0.2, 0.25) is 6.04 Å². The van der Waals surface area contributed by atoms with Crippen molar-refractivity contribution in [2.75, 3.05) is 13.2 Å². The Balaban J connectivity index is 1.79. The Morgan fingerprint density at radius 2 is 1.70 bits per heavy atom. The van der Waals surface area contributed by atoms with Crippen LogP contribution in [0.25, 0.3) is 0 Å². The van der Waals surface area contributed by atoms with E-state index in [4.69, 9.17) is 13.6 Å². The largest absolute Gasteiger partial charge is 0.391 e. The number of benzene rings is 1. The van der Waals surface area contributed by atoms with Crippen molar-refractivity contribution >= 4 is 13.7 Å². The average Bonchev–Trinajstić information content (AvgIpc) is 3.37. The molecule has 3 nitrogen and oxygen atoms in total. The second-order valence-corrected chi connectivity index (χ2v) is 9.98. The fraction of sp³-hybridized carbons (Fsp3) is 0.684. The molecular weight excluding hydrogens is 304 g/mol. The van der Waals surface area contributed by atoms with E-state index in [-0.39, 0.29) is 0 Å². The predicted molar refractivity (Wildman–Crippen MR) is 95.1 cm³/mol. The van der Waals surface area contributed by atoms with Gasteiger partial charge in [0.25, 0.3) is 0 Å². The standard InChI is InChI=1S/C19H30O3Si/c1-3-12-20-23(21-13-4-2,17-8-6-5-7-9-17)15-16-10-11-18-19(14-16)22-18/h5-9,16,18-19H,3-4,10-15H2,1-2H3. The SMILES string of the molecule is CCCO[Si](CC1CCC2OC2C1)(OCCC)c1ccccc1. The summed E-state index contributed by atoms with van der Waals surface area (Å²) >= 11 is 0. The van der Waals surface area contributed by atoms with E-state index in [9.17, 15) is 0 Å². The summed E-state index contributed by atoms with van der Waals surface area (Å²) in [6.07, 6.45) is 6.83. The van der Waals surface area contributed by atoms with Crippen LogP contribution in [0, 0.1) is 5.92 Å². The Kier molecular flexibility index (Phi) is 5.91. The molecule has 0 amide bonds. The van der Waals surface area contributed by atoms with E-state index in [0.717, 1.165) is 32.1 Å². The van der Waals surface area contributed by atoms with Gasteiger partial charge in [0, 0.05) is 13.2 Å². The molecule has 0 aromatic heterocycles. The van der Waals surface area contributed by atoms with Gasteiger partial charge in [-0.2, -0.15) is 0 Å². The Bertz CT molecular complexity index is 471. The summed E-state index contributed by atoms with van der Waals surface area (Å²) in [6.45, 7) is 5.93. The van der Waals surface area contributed by atoms with Crippen LogP contribution in [0.4, 0.5) is 0 Å². The molecule has 0 spiro atoms. The monoisotopic (exact) mass is 334 g/mol. The van der Waals surface area contributed by atoms with Crippen molar-refractivity contribution in [2.45, 2.75) is 64.2 Å². The molecule has 0 bridgehead atoms. The lowest BCUT2D eigenvalue weighted by Gasteiger charge is -2.34. The molecule has 1 heterocycles. The first-order valence-electron chi connectivity index (χ1n) is 9.26. The predicted octanol–water partition coefficient (Wildman–Crippen LogP) is 3.76. The second-order valence-electron chi connectivity index (χ2n) is 6.91. The molecule has 0 radical (unpaired) electrons. The van der Waals surface area contributed by atoms with Crippen molar-refractivity contribution in [3.05, 3.63) is 30.3 Å². The maximum absolute atomic E-state index is 6.49. The third-order valence-electron chi connectivity index (χ3n) is 4.96. The highest BCUT2D eigenvalue weighted by atomic mass is 28.4. The molecule has 1 aromatic rings. The van der Waals surface area contributed by atoms with E-state index in [1.165, 1.54) is 24.4 Å². The van der Waals surface area contributed by atoms with Gasteiger partial charge in [-0.15, -0.1) is 0 Å². The molecule has 128 valence electrons. The van der Waals surface area contributed by atoms with E-state index < -0.39 is 8.56 Å². The summed E-state index contributed by atoms with van der Waals surface area (Å²) in [5.74, 6) is 0.680. The van der Waals surface area contributed by atoms with E-state index in [1.54, 1.807) is 0 Å². The van der Waals surface area contributed by atoms with Crippen LogP contribution in [-0.4, -0.2) is 34.0 Å². The minimum Gasteiger partial charge on any atom is -0.391 e. The van der Waals surface area contributed by atoms with Crippen LogP contribution in [0.1, 0.15) is 46.0 Å². The Hall–Kier alpha value is -0.683. The third-order valence-corrected chi connectivity index (χ3v) is 8.63. The molecule has 1 saturated heterocycles. The van der Waals surface area contributed by atoms with Gasteiger partial charge in [0.15, 0.2) is 0 Å². The minimum atomic E-state index is -2.37. The number of rotatable bonds is 9. The van der Waals surface area contributed by atoms with E-state index >= 15 is 0 Å². The number of hydrogen-bond acceptors (Lipinski definition) is 3. The lowest BCUT2D eigenvalue weighted by atomic mass is 9.91. The molecule has 4 heteroatoms. The van der Waals surface area contributed by atoms with Gasteiger partial charge in [-0.25, -0.2) is 0 Å². The zero-order valence-corrected chi connectivity index (χ0v) is 15.5. The molecule has 0 N–H and O–H groups in total. The van der Waals surface area contributed by atoms with Gasteiger partial charge in [-0.3, -0.25) is 0 Å². The van der Waals surface area contributed by atoms with Gasteiger partial charge in [-0.1, -0.05) is 44.2 Å². The van der Waals surface area contributed by atoms with Crippen molar-refractivity contribution in [1.82, 2.24) is 0 Å². The van der Waals surface area contributed by atoms with Crippen molar-refractivity contribution in [3.8, 4) is 0 Å². The maximum Gasteiger partial charge on any atom is 0.372 e. The van der Waals surface area contributed by atoms with Crippen molar-refractivity contribution in [1.29, 1.82) is 0 Å². The van der Waals surface area contributed by atoms with Crippen molar-refractivity contribution in [2.24, 2.45) is 5.92 Å². The fourth-order valence-corrected chi connectivity index (χ4v) is 7.51. The van der Waals surface area contributed by atoms with Crippen LogP contribution in [-0.2, 0) is 13.6 Å². The lowest BCUT2D eigenvalue weighted by Crippen LogP contribution is -2.55. The third kappa shape index (κ3) is 4.24. The second kappa shape index (κ2) is 7.93. The van der Waals surface area contributed by atoms with Gasteiger partial charge < -0.3 is 13.6 Å². The van der Waals surface area contributed by atoms with Crippen LogP contribution < -0.4 is 5.19 Å². The molecule has 3 atom stereocenters. The Morgan fingerprint density at radius 1 is 1.00 bits per heavy atom. The van der Waals surface area contributed by atoms with Crippen LogP contribution >= 0.6 is 0 Å². The molecule has 3 unspecified atom stereocenters. The molecule has 3 rings (SSSR count). The lowest BCUT2D eigenvalue weighted by molar-refractivity contribution is 0.172. The molecule has 2 aliphatic rings. The smallest absolute Gasteiger partial charge is 0.372 e. The number of hydrogen-bond donors (Lipinski definition) is 0. The molecule has 1 aromatic carbocycles. The highest BCUT2D eigenvalue weighted by Gasteiger charge is 2.48. The van der Waals surface area contributed by atoms with Gasteiger partial charge in [0.1, 0.15) is 0 Å². The van der Waals surface area contributed by atoms with Crippen LogP contribution in [0.3, 0.4) is 0 Å². The minimum absolute atomic E-state index is 0.522. The summed E-state index contributed by atoms with van der Waals surface area (Å²) < 4.78 is 18.7. The summed E-state index contributed by atoms with van der Waals surface area (Å²) in [5, 5.41) is 1.29. The summed E-state index contributed by atoms with van der Waals surface area (Å²) in [5.41, 5.74) is 0. The van der Waals surface area contributed by atoms with Gasteiger partial charge >= 0.3 is 8.56 Å². The first-order valence-corrected chi connectivity index (χ1v) is 11.3. The number of fused-ring (bicyclic) bond motifs is 1. The molecular formula is C19H30O3Si. The van der Waals surface area contributed by atoms with Crippen LogP contribution in [0.5, 0.6) is 0 Å². The molecule has 2 fully saturated rings. The first-order chi connectivity index (χ1) is 11.3. The number of ether oxygens (including phenoxy) is 1. The zero-order valence-electron chi connectivity index (χ0n) is 14.5. The van der Waals surface area contributed by atoms with Crippen molar-refractivity contribution < 1.29 is 13.6 Å². The average molecular weight is 335 g/mol. The van der Waals surface area contributed by atoms with E-state index in [0.29, 0.717) is 18.1 Å². The topological polar surface area (TPSA) is 31.0 Å². The Morgan fingerprint density at radius 3 is 2.30 bits per heavy atom. The molecule has 1 aliphatic carbocycles. The zero-order chi connectivity index (χ0) is 16.1. The molecule has 1 aliphatic heterocycles. The van der Waals surface area contributed by atoms with E-state index in [2.05, 4.69) is 44.2 Å². The quantitative estimate of drug-likeness (QED) is 0.509. The first kappa shape index (κ1) is 17.2. The van der Waals surface area contributed by atoms with Crippen molar-refractivity contribution in [3.63, 3.8) is 0 Å². The Labute approximate surface area is 141 Å². The normalized spacial score (nSPS) is 26.8. The highest BCUT2D eigenvalue weighted by molar-refractivity contribution is 6.81. The van der Waals surface area contributed by atoms with Gasteiger partial charge in [0.05, 0.1) is 12.2 Å². The molecule has 23 heavy (non-hydrogen) atoms. The summed E-state index contributed by atoms with van der Waals surface area (Å²) in [4.78, 5) is 0. The van der Waals surface area contributed by atoms with Gasteiger partial charge in [0.2, 0.25) is 0 Å². The summed E-state index contributed by atoms with van der Waals surface area (Å²) in [7, 11) is -2.37. The van der Waals surface area contributed by atoms with E-state index in [1.807, 2.05) is 0 Å². The fourth-order valence-electron chi connectivity index (χ4n) is 3.72. The summed E-state index contributed by atoms with van der Waals surface area (Å²) in [6, 6.07) is 11.8.